The molecular weight excluding hydrogens is 322 g/mol. The van der Waals surface area contributed by atoms with Crippen molar-refractivity contribution in [3.63, 3.8) is 0 Å². The van der Waals surface area contributed by atoms with E-state index in [9.17, 15) is 4.79 Å². The van der Waals surface area contributed by atoms with Gasteiger partial charge >= 0.3 is 0 Å². The SMILES string of the molecule is O=C(NC1CCCCC1)c1ccc2nc(N3CCOCC3)sc2c1. The zero-order valence-electron chi connectivity index (χ0n) is 13.8. The molecule has 0 radical (unpaired) electrons. The lowest BCUT2D eigenvalue weighted by molar-refractivity contribution is 0.0928. The zero-order valence-corrected chi connectivity index (χ0v) is 14.6. The fourth-order valence-electron chi connectivity index (χ4n) is 3.46. The van der Waals surface area contributed by atoms with Gasteiger partial charge in [-0.15, -0.1) is 0 Å². The molecule has 4 rings (SSSR count). The first kappa shape index (κ1) is 15.8. The third-order valence-electron chi connectivity index (χ3n) is 4.86. The number of benzene rings is 1. The van der Waals surface area contributed by atoms with Crippen molar-refractivity contribution in [2.75, 3.05) is 31.2 Å². The Kier molecular flexibility index (Phi) is 4.67. The minimum atomic E-state index is 0.0464. The summed E-state index contributed by atoms with van der Waals surface area (Å²) in [4.78, 5) is 19.5. The minimum Gasteiger partial charge on any atom is -0.378 e. The third-order valence-corrected chi connectivity index (χ3v) is 5.94. The van der Waals surface area contributed by atoms with Crippen molar-refractivity contribution in [3.8, 4) is 0 Å². The molecule has 24 heavy (non-hydrogen) atoms. The summed E-state index contributed by atoms with van der Waals surface area (Å²) in [5, 5.41) is 4.21. The van der Waals surface area contributed by atoms with Crippen LogP contribution in [-0.2, 0) is 4.74 Å². The molecule has 5 nitrogen and oxygen atoms in total. The first-order chi connectivity index (χ1) is 11.8. The second-order valence-electron chi connectivity index (χ2n) is 6.59. The molecule has 1 N–H and O–H groups in total. The van der Waals surface area contributed by atoms with Crippen molar-refractivity contribution in [1.29, 1.82) is 0 Å². The van der Waals surface area contributed by atoms with Gasteiger partial charge in [-0.2, -0.15) is 0 Å². The van der Waals surface area contributed by atoms with Crippen LogP contribution < -0.4 is 10.2 Å². The average Bonchev–Trinajstić information content (AvgIpc) is 3.06. The first-order valence-corrected chi connectivity index (χ1v) is 9.65. The van der Waals surface area contributed by atoms with Crippen LogP contribution in [-0.4, -0.2) is 43.2 Å². The van der Waals surface area contributed by atoms with Crippen LogP contribution in [0.5, 0.6) is 0 Å². The van der Waals surface area contributed by atoms with Crippen molar-refractivity contribution in [1.82, 2.24) is 10.3 Å². The molecule has 2 aliphatic rings. The van der Waals surface area contributed by atoms with Gasteiger partial charge in [0, 0.05) is 24.7 Å². The maximum Gasteiger partial charge on any atom is 0.251 e. The Morgan fingerprint density at radius 2 is 2.00 bits per heavy atom. The number of amides is 1. The van der Waals surface area contributed by atoms with Crippen molar-refractivity contribution in [2.24, 2.45) is 0 Å². The van der Waals surface area contributed by atoms with Crippen LogP contribution in [0.1, 0.15) is 42.5 Å². The van der Waals surface area contributed by atoms with Crippen molar-refractivity contribution in [2.45, 2.75) is 38.1 Å². The van der Waals surface area contributed by atoms with E-state index in [4.69, 9.17) is 9.72 Å². The van der Waals surface area contributed by atoms with Crippen LogP contribution in [0.3, 0.4) is 0 Å². The molecule has 2 fully saturated rings. The summed E-state index contributed by atoms with van der Waals surface area (Å²) in [5.74, 6) is 0.0464. The van der Waals surface area contributed by atoms with E-state index < -0.39 is 0 Å². The summed E-state index contributed by atoms with van der Waals surface area (Å²) >= 11 is 1.66. The number of ether oxygens (including phenoxy) is 1. The van der Waals surface area contributed by atoms with Gasteiger partial charge in [-0.1, -0.05) is 30.6 Å². The highest BCUT2D eigenvalue weighted by Gasteiger charge is 2.19. The topological polar surface area (TPSA) is 54.5 Å². The standard InChI is InChI=1S/C18H23N3O2S/c22-17(19-14-4-2-1-3-5-14)13-6-7-15-16(12-13)24-18(20-15)21-8-10-23-11-9-21/h6-7,12,14H,1-5,8-11H2,(H,19,22). The molecule has 0 unspecified atom stereocenters. The van der Waals surface area contributed by atoms with Crippen LogP contribution in [0, 0.1) is 0 Å². The molecule has 1 aromatic carbocycles. The molecule has 1 aliphatic carbocycles. The molecule has 1 saturated carbocycles. The van der Waals surface area contributed by atoms with E-state index in [1.165, 1.54) is 19.3 Å². The maximum atomic E-state index is 12.5. The van der Waals surface area contributed by atoms with E-state index in [0.29, 0.717) is 6.04 Å². The molecule has 128 valence electrons. The molecule has 0 atom stereocenters. The summed E-state index contributed by atoms with van der Waals surface area (Å²) in [6.07, 6.45) is 5.96. The molecule has 0 bridgehead atoms. The number of fused-ring (bicyclic) bond motifs is 1. The normalized spacial score (nSPS) is 19.6. The number of hydrogen-bond acceptors (Lipinski definition) is 5. The molecule has 2 heterocycles. The molecule has 1 saturated heterocycles. The van der Waals surface area contributed by atoms with Crippen LogP contribution >= 0.6 is 11.3 Å². The largest absolute Gasteiger partial charge is 0.378 e. The van der Waals surface area contributed by atoms with Crippen LogP contribution in [0.2, 0.25) is 0 Å². The van der Waals surface area contributed by atoms with Gasteiger partial charge in [0.2, 0.25) is 0 Å². The van der Waals surface area contributed by atoms with Crippen LogP contribution in [0.25, 0.3) is 10.2 Å². The lowest BCUT2D eigenvalue weighted by Gasteiger charge is -2.25. The molecule has 1 amide bonds. The van der Waals surface area contributed by atoms with E-state index in [-0.39, 0.29) is 5.91 Å². The van der Waals surface area contributed by atoms with Gasteiger partial charge in [0.25, 0.3) is 5.91 Å². The van der Waals surface area contributed by atoms with Crippen LogP contribution in [0.15, 0.2) is 18.2 Å². The zero-order chi connectivity index (χ0) is 16.4. The Morgan fingerprint density at radius 3 is 2.79 bits per heavy atom. The van der Waals surface area contributed by atoms with Gasteiger partial charge in [-0.05, 0) is 31.0 Å². The number of aromatic nitrogens is 1. The highest BCUT2D eigenvalue weighted by Crippen LogP contribution is 2.30. The summed E-state index contributed by atoms with van der Waals surface area (Å²) in [7, 11) is 0. The fourth-order valence-corrected chi connectivity index (χ4v) is 4.52. The van der Waals surface area contributed by atoms with Crippen molar-refractivity contribution < 1.29 is 9.53 Å². The van der Waals surface area contributed by atoms with E-state index in [1.807, 2.05) is 18.2 Å². The van der Waals surface area contributed by atoms with E-state index in [1.54, 1.807) is 11.3 Å². The van der Waals surface area contributed by atoms with Gasteiger partial charge in [0.05, 0.1) is 23.4 Å². The number of rotatable bonds is 3. The lowest BCUT2D eigenvalue weighted by atomic mass is 9.95. The summed E-state index contributed by atoms with van der Waals surface area (Å²) < 4.78 is 6.48. The lowest BCUT2D eigenvalue weighted by Crippen LogP contribution is -2.36. The summed E-state index contributed by atoms with van der Waals surface area (Å²) in [6.45, 7) is 3.28. The highest BCUT2D eigenvalue weighted by atomic mass is 32.1. The molecule has 1 aliphatic heterocycles. The Hall–Kier alpha value is -1.66. The van der Waals surface area contributed by atoms with Gasteiger partial charge < -0.3 is 15.0 Å². The smallest absolute Gasteiger partial charge is 0.251 e. The van der Waals surface area contributed by atoms with Crippen molar-refractivity contribution >= 4 is 32.6 Å². The van der Waals surface area contributed by atoms with E-state index in [2.05, 4.69) is 10.2 Å². The minimum absolute atomic E-state index is 0.0464. The maximum absolute atomic E-state index is 12.5. The Balaban J connectivity index is 1.50. The molecule has 1 aromatic heterocycles. The third kappa shape index (κ3) is 3.39. The number of thiazole rings is 1. The fraction of sp³-hybridized carbons (Fsp3) is 0.556. The van der Waals surface area contributed by atoms with E-state index >= 15 is 0 Å². The number of anilines is 1. The van der Waals surface area contributed by atoms with Gasteiger partial charge in [0.1, 0.15) is 0 Å². The molecule has 2 aromatic rings. The Morgan fingerprint density at radius 1 is 1.21 bits per heavy atom. The summed E-state index contributed by atoms with van der Waals surface area (Å²) in [5.41, 5.74) is 1.71. The highest BCUT2D eigenvalue weighted by molar-refractivity contribution is 7.22. The van der Waals surface area contributed by atoms with Gasteiger partial charge in [-0.25, -0.2) is 4.98 Å². The number of carbonyl (C=O) groups excluding carboxylic acids is 1. The predicted octanol–water partition coefficient (Wildman–Crippen LogP) is 3.20. The second-order valence-corrected chi connectivity index (χ2v) is 7.60. The Labute approximate surface area is 146 Å². The van der Waals surface area contributed by atoms with Crippen molar-refractivity contribution in [3.05, 3.63) is 23.8 Å². The van der Waals surface area contributed by atoms with E-state index in [0.717, 1.165) is 60.1 Å². The summed E-state index contributed by atoms with van der Waals surface area (Å²) in [6, 6.07) is 6.18. The number of hydrogen-bond donors (Lipinski definition) is 1. The van der Waals surface area contributed by atoms with Crippen LogP contribution in [0.4, 0.5) is 5.13 Å². The average molecular weight is 345 g/mol. The number of carbonyl (C=O) groups is 1. The molecular formula is C18H23N3O2S. The monoisotopic (exact) mass is 345 g/mol. The number of nitrogens with one attached hydrogen (secondary N) is 1. The van der Waals surface area contributed by atoms with Gasteiger partial charge in [-0.3, -0.25) is 4.79 Å². The van der Waals surface area contributed by atoms with Gasteiger partial charge in [0.15, 0.2) is 5.13 Å². The molecule has 0 spiro atoms. The Bertz CT molecular complexity index is 718. The number of morpholine rings is 1. The molecule has 6 heteroatoms. The first-order valence-electron chi connectivity index (χ1n) is 8.84. The second kappa shape index (κ2) is 7.07. The predicted molar refractivity (Wildman–Crippen MR) is 97.0 cm³/mol. The number of nitrogens with zero attached hydrogens (tertiary/aromatic N) is 2. The quantitative estimate of drug-likeness (QED) is 0.928.